The van der Waals surface area contributed by atoms with Crippen LogP contribution in [0, 0.1) is 0 Å². The molecule has 2 heterocycles. The molecule has 0 aliphatic carbocycles. The number of hydrogen-bond acceptors (Lipinski definition) is 4. The third-order valence-corrected chi connectivity index (χ3v) is 6.59. The van der Waals surface area contributed by atoms with Crippen LogP contribution in [0.25, 0.3) is 0 Å². The Morgan fingerprint density at radius 3 is 1.83 bits per heavy atom. The molecule has 5 nitrogen and oxygen atoms in total. The van der Waals surface area contributed by atoms with Crippen molar-refractivity contribution in [1.82, 2.24) is 9.55 Å². The molecular formula is C31H24N2O3. The maximum atomic E-state index is 13.7. The van der Waals surface area contributed by atoms with Crippen molar-refractivity contribution in [2.45, 2.75) is 5.54 Å². The van der Waals surface area contributed by atoms with Gasteiger partial charge in [0, 0.05) is 6.20 Å². The summed E-state index contributed by atoms with van der Waals surface area (Å²) in [5.74, 6) is 0.849. The highest BCUT2D eigenvalue weighted by Gasteiger charge is 2.39. The second kappa shape index (κ2) is 9.19. The minimum atomic E-state index is -0.731. The van der Waals surface area contributed by atoms with Crippen LogP contribution in [0.1, 0.15) is 32.7 Å². The maximum absolute atomic E-state index is 13.7. The van der Waals surface area contributed by atoms with Crippen molar-refractivity contribution in [1.29, 1.82) is 0 Å². The summed E-state index contributed by atoms with van der Waals surface area (Å²) >= 11 is 0. The van der Waals surface area contributed by atoms with E-state index in [1.807, 2.05) is 71.4 Å². The number of fused-ring (bicyclic) bond motifs is 1. The molecule has 4 aromatic carbocycles. The van der Waals surface area contributed by atoms with Crippen molar-refractivity contribution in [3.8, 4) is 11.5 Å². The van der Waals surface area contributed by atoms with Gasteiger partial charge in [-0.25, -0.2) is 4.98 Å². The van der Waals surface area contributed by atoms with Crippen molar-refractivity contribution in [2.75, 3.05) is 13.2 Å². The Morgan fingerprint density at radius 1 is 0.694 bits per heavy atom. The molecule has 36 heavy (non-hydrogen) atoms. The summed E-state index contributed by atoms with van der Waals surface area (Å²) in [5, 5.41) is 0. The second-order valence-electron chi connectivity index (χ2n) is 8.63. The molecule has 1 aliphatic heterocycles. The Kier molecular flexibility index (Phi) is 5.58. The predicted molar refractivity (Wildman–Crippen MR) is 138 cm³/mol. The van der Waals surface area contributed by atoms with E-state index in [2.05, 4.69) is 41.4 Å². The zero-order chi connectivity index (χ0) is 24.4. The van der Waals surface area contributed by atoms with E-state index in [4.69, 9.17) is 9.47 Å². The van der Waals surface area contributed by atoms with Crippen molar-refractivity contribution in [3.63, 3.8) is 0 Å². The second-order valence-corrected chi connectivity index (χ2v) is 8.63. The van der Waals surface area contributed by atoms with E-state index < -0.39 is 5.54 Å². The molecule has 0 atom stereocenters. The van der Waals surface area contributed by atoms with Crippen molar-refractivity contribution < 1.29 is 14.3 Å². The summed E-state index contributed by atoms with van der Waals surface area (Å²) in [6, 6.07) is 36.3. The fourth-order valence-electron chi connectivity index (χ4n) is 5.00. The third kappa shape index (κ3) is 3.57. The molecule has 176 valence electrons. The molecule has 0 saturated heterocycles. The highest BCUT2D eigenvalue weighted by atomic mass is 16.6. The molecule has 0 bridgehead atoms. The molecule has 1 aromatic heterocycles. The summed E-state index contributed by atoms with van der Waals surface area (Å²) in [5.41, 5.74) is 3.24. The lowest BCUT2D eigenvalue weighted by Gasteiger charge is -2.37. The van der Waals surface area contributed by atoms with Gasteiger partial charge in [-0.15, -0.1) is 0 Å². The van der Waals surface area contributed by atoms with Crippen LogP contribution in [-0.4, -0.2) is 28.5 Å². The SMILES string of the molecule is O=C(c1cn(C(c2ccccc2)(c2ccccc2)c2ccccc2)cn1)c1cccc2c1OCCO2. The lowest BCUT2D eigenvalue weighted by molar-refractivity contribution is 0.102. The van der Waals surface area contributed by atoms with Crippen LogP contribution < -0.4 is 9.47 Å². The molecule has 0 unspecified atom stereocenters. The Labute approximate surface area is 209 Å². The zero-order valence-electron chi connectivity index (χ0n) is 19.6. The predicted octanol–water partition coefficient (Wildman–Crippen LogP) is 5.73. The van der Waals surface area contributed by atoms with E-state index in [0.29, 0.717) is 36.0 Å². The summed E-state index contributed by atoms with van der Waals surface area (Å²) in [7, 11) is 0. The molecule has 1 aliphatic rings. The average molecular weight is 473 g/mol. The van der Waals surface area contributed by atoms with Gasteiger partial charge in [0.1, 0.15) is 24.4 Å². The van der Waals surface area contributed by atoms with Gasteiger partial charge in [-0.2, -0.15) is 0 Å². The minimum Gasteiger partial charge on any atom is -0.486 e. The molecule has 0 saturated carbocycles. The van der Waals surface area contributed by atoms with E-state index in [-0.39, 0.29) is 5.78 Å². The highest BCUT2D eigenvalue weighted by molar-refractivity contribution is 6.10. The van der Waals surface area contributed by atoms with Gasteiger partial charge in [0.2, 0.25) is 5.78 Å². The van der Waals surface area contributed by atoms with Crippen LogP contribution in [0.4, 0.5) is 0 Å². The monoisotopic (exact) mass is 472 g/mol. The molecule has 5 heteroatoms. The van der Waals surface area contributed by atoms with Crippen LogP contribution >= 0.6 is 0 Å². The molecule has 5 aromatic rings. The first-order valence-electron chi connectivity index (χ1n) is 11.9. The highest BCUT2D eigenvalue weighted by Crippen LogP contribution is 2.41. The molecule has 0 N–H and O–H groups in total. The number of ether oxygens (including phenoxy) is 2. The topological polar surface area (TPSA) is 53.4 Å². The van der Waals surface area contributed by atoms with Gasteiger partial charge in [0.15, 0.2) is 11.5 Å². The number of nitrogens with zero attached hydrogens (tertiary/aromatic N) is 2. The lowest BCUT2D eigenvalue weighted by atomic mass is 9.77. The summed E-state index contributed by atoms with van der Waals surface area (Å²) in [6.45, 7) is 0.873. The van der Waals surface area contributed by atoms with Gasteiger partial charge in [0.25, 0.3) is 0 Å². The fraction of sp³-hybridized carbons (Fsp3) is 0.0968. The molecule has 0 spiro atoms. The first kappa shape index (κ1) is 21.9. The van der Waals surface area contributed by atoms with E-state index in [9.17, 15) is 4.79 Å². The van der Waals surface area contributed by atoms with Crippen LogP contribution in [-0.2, 0) is 5.54 Å². The number of aromatic nitrogens is 2. The van der Waals surface area contributed by atoms with Gasteiger partial charge >= 0.3 is 0 Å². The lowest BCUT2D eigenvalue weighted by Crippen LogP contribution is -2.37. The Bertz CT molecular complexity index is 1400. The number of carbonyl (C=O) groups excluding carboxylic acids is 1. The van der Waals surface area contributed by atoms with Gasteiger partial charge in [-0.1, -0.05) is 97.1 Å². The Balaban J connectivity index is 1.55. The van der Waals surface area contributed by atoms with Crippen LogP contribution in [0.15, 0.2) is 122 Å². The smallest absolute Gasteiger partial charge is 0.216 e. The van der Waals surface area contributed by atoms with Crippen LogP contribution in [0.3, 0.4) is 0 Å². The number of ketones is 1. The number of para-hydroxylation sites is 1. The maximum Gasteiger partial charge on any atom is 0.216 e. The number of imidazole rings is 1. The Hall–Kier alpha value is -4.64. The number of carbonyl (C=O) groups is 1. The fourth-order valence-corrected chi connectivity index (χ4v) is 5.00. The zero-order valence-corrected chi connectivity index (χ0v) is 19.6. The summed E-state index contributed by atoms with van der Waals surface area (Å²) < 4.78 is 13.5. The van der Waals surface area contributed by atoms with Gasteiger partial charge in [-0.05, 0) is 28.8 Å². The largest absolute Gasteiger partial charge is 0.486 e. The summed E-state index contributed by atoms with van der Waals surface area (Å²) in [6.07, 6.45) is 3.57. The van der Waals surface area contributed by atoms with E-state index >= 15 is 0 Å². The normalized spacial score (nSPS) is 12.8. The average Bonchev–Trinajstić information content (AvgIpc) is 3.45. The van der Waals surface area contributed by atoms with Gasteiger partial charge in [-0.3, -0.25) is 4.79 Å². The van der Waals surface area contributed by atoms with Crippen LogP contribution in [0.2, 0.25) is 0 Å². The van der Waals surface area contributed by atoms with E-state index in [1.54, 1.807) is 18.5 Å². The molecular weight excluding hydrogens is 448 g/mol. The first-order chi connectivity index (χ1) is 17.8. The van der Waals surface area contributed by atoms with E-state index in [0.717, 1.165) is 16.7 Å². The number of rotatable bonds is 6. The number of hydrogen-bond donors (Lipinski definition) is 0. The molecule has 0 radical (unpaired) electrons. The minimum absolute atomic E-state index is 0.209. The number of benzene rings is 4. The van der Waals surface area contributed by atoms with Crippen molar-refractivity contribution in [3.05, 3.63) is 150 Å². The summed E-state index contributed by atoms with van der Waals surface area (Å²) in [4.78, 5) is 18.3. The van der Waals surface area contributed by atoms with Gasteiger partial charge in [0.05, 0.1) is 11.9 Å². The molecule has 0 amide bonds. The molecule has 0 fully saturated rings. The van der Waals surface area contributed by atoms with Gasteiger partial charge < -0.3 is 14.0 Å². The molecule has 6 rings (SSSR count). The van der Waals surface area contributed by atoms with Crippen molar-refractivity contribution >= 4 is 5.78 Å². The third-order valence-electron chi connectivity index (χ3n) is 6.59. The Morgan fingerprint density at radius 2 is 1.25 bits per heavy atom. The van der Waals surface area contributed by atoms with E-state index in [1.165, 1.54) is 0 Å². The quantitative estimate of drug-likeness (QED) is 0.234. The standard InChI is InChI=1S/C31H24N2O3/c34-29(26-17-10-18-28-30(26)36-20-19-35-28)27-21-33(22-32-27)31(23-11-4-1-5-12-23,24-13-6-2-7-14-24)25-15-8-3-9-16-25/h1-18,21-22H,19-20H2. The van der Waals surface area contributed by atoms with Crippen molar-refractivity contribution in [2.24, 2.45) is 0 Å². The first-order valence-corrected chi connectivity index (χ1v) is 11.9. The van der Waals surface area contributed by atoms with Crippen LogP contribution in [0.5, 0.6) is 11.5 Å².